The SMILES string of the molecule is CCCCC(C)C(=O)c1cc(C(=O)NC)c(=O)n(Cc2cccc(OC)c2)c1. The van der Waals surface area contributed by atoms with Crippen LogP contribution in [-0.2, 0) is 6.54 Å². The Balaban J connectivity index is 2.47. The van der Waals surface area contributed by atoms with Crippen LogP contribution in [0.5, 0.6) is 5.75 Å². The average molecular weight is 384 g/mol. The minimum absolute atomic E-state index is 0.0288. The summed E-state index contributed by atoms with van der Waals surface area (Å²) in [7, 11) is 3.04. The number of methoxy groups -OCH3 is 1. The number of hydrogen-bond donors (Lipinski definition) is 1. The lowest BCUT2D eigenvalue weighted by Gasteiger charge is -2.14. The van der Waals surface area contributed by atoms with E-state index in [0.717, 1.165) is 24.8 Å². The molecule has 0 saturated heterocycles. The zero-order chi connectivity index (χ0) is 20.7. The molecule has 1 N–H and O–H groups in total. The third kappa shape index (κ3) is 5.09. The van der Waals surface area contributed by atoms with Crippen molar-refractivity contribution in [1.29, 1.82) is 0 Å². The normalized spacial score (nSPS) is 11.7. The molecule has 0 bridgehead atoms. The Morgan fingerprint density at radius 2 is 2.00 bits per heavy atom. The van der Waals surface area contributed by atoms with Gasteiger partial charge in [-0.1, -0.05) is 38.8 Å². The molecular formula is C22H28N2O4. The number of unbranched alkanes of at least 4 members (excludes halogenated alkanes) is 1. The van der Waals surface area contributed by atoms with E-state index in [2.05, 4.69) is 12.2 Å². The molecular weight excluding hydrogens is 356 g/mol. The van der Waals surface area contributed by atoms with Gasteiger partial charge in [-0.25, -0.2) is 0 Å². The van der Waals surface area contributed by atoms with Crippen LogP contribution in [0, 0.1) is 5.92 Å². The summed E-state index contributed by atoms with van der Waals surface area (Å²) < 4.78 is 6.64. The topological polar surface area (TPSA) is 77.4 Å². The highest BCUT2D eigenvalue weighted by atomic mass is 16.5. The highest BCUT2D eigenvalue weighted by Gasteiger charge is 2.20. The molecule has 1 heterocycles. The van der Waals surface area contributed by atoms with E-state index in [1.165, 1.54) is 17.7 Å². The van der Waals surface area contributed by atoms with E-state index in [1.807, 2.05) is 31.2 Å². The molecule has 1 amide bonds. The fraction of sp³-hybridized carbons (Fsp3) is 0.409. The third-order valence-corrected chi connectivity index (χ3v) is 4.77. The van der Waals surface area contributed by atoms with Crippen molar-refractivity contribution < 1.29 is 14.3 Å². The summed E-state index contributed by atoms with van der Waals surface area (Å²) in [5.41, 5.74) is 0.761. The molecule has 1 unspecified atom stereocenters. The lowest BCUT2D eigenvalue weighted by Crippen LogP contribution is -2.32. The van der Waals surface area contributed by atoms with E-state index >= 15 is 0 Å². The standard InChI is InChI=1S/C22H28N2O4/c1-5-6-8-15(2)20(25)17-12-19(21(26)23-3)22(27)24(14-17)13-16-9-7-10-18(11-16)28-4/h7,9-12,14-15H,5-6,8,13H2,1-4H3,(H,23,26). The molecule has 0 saturated carbocycles. The first kappa shape index (κ1) is 21.4. The molecule has 1 aromatic heterocycles. The van der Waals surface area contributed by atoms with Crippen LogP contribution in [0.25, 0.3) is 0 Å². The summed E-state index contributed by atoms with van der Waals surface area (Å²) in [5, 5.41) is 2.48. The first-order valence-corrected chi connectivity index (χ1v) is 9.55. The molecule has 0 aliphatic rings. The van der Waals surface area contributed by atoms with Gasteiger partial charge in [-0.05, 0) is 30.2 Å². The number of nitrogens with one attached hydrogen (secondary N) is 1. The van der Waals surface area contributed by atoms with Crippen molar-refractivity contribution in [1.82, 2.24) is 9.88 Å². The zero-order valence-electron chi connectivity index (χ0n) is 17.0. The number of Topliss-reactive ketones (excluding diaryl/α,β-unsaturated/α-hetero) is 1. The predicted molar refractivity (Wildman–Crippen MR) is 109 cm³/mol. The second-order valence-corrected chi connectivity index (χ2v) is 6.91. The summed E-state index contributed by atoms with van der Waals surface area (Å²) in [6, 6.07) is 8.75. The van der Waals surface area contributed by atoms with Gasteiger partial charge in [-0.3, -0.25) is 14.4 Å². The van der Waals surface area contributed by atoms with E-state index in [1.54, 1.807) is 13.3 Å². The number of ether oxygens (including phenoxy) is 1. The van der Waals surface area contributed by atoms with Gasteiger partial charge in [-0.2, -0.15) is 0 Å². The minimum atomic E-state index is -0.500. The van der Waals surface area contributed by atoms with Crippen molar-refractivity contribution in [2.24, 2.45) is 5.92 Å². The fourth-order valence-corrected chi connectivity index (χ4v) is 3.08. The number of nitrogens with zero attached hydrogens (tertiary/aromatic N) is 1. The molecule has 0 spiro atoms. The van der Waals surface area contributed by atoms with Crippen molar-refractivity contribution >= 4 is 11.7 Å². The Bertz CT molecular complexity index is 902. The Morgan fingerprint density at radius 1 is 1.25 bits per heavy atom. The first-order valence-electron chi connectivity index (χ1n) is 9.55. The lowest BCUT2D eigenvalue weighted by atomic mass is 9.94. The van der Waals surface area contributed by atoms with Crippen LogP contribution >= 0.6 is 0 Å². The summed E-state index contributed by atoms with van der Waals surface area (Å²) >= 11 is 0. The van der Waals surface area contributed by atoms with Gasteiger partial charge >= 0.3 is 0 Å². The second kappa shape index (κ2) is 9.88. The number of amides is 1. The quantitative estimate of drug-likeness (QED) is 0.673. The summed E-state index contributed by atoms with van der Waals surface area (Å²) in [6.07, 6.45) is 4.30. The molecule has 2 aromatic rings. The van der Waals surface area contributed by atoms with Gasteiger partial charge in [0.05, 0.1) is 13.7 Å². The van der Waals surface area contributed by atoms with Crippen molar-refractivity contribution in [3.8, 4) is 5.75 Å². The molecule has 6 nitrogen and oxygen atoms in total. The van der Waals surface area contributed by atoms with Gasteiger partial charge in [0.2, 0.25) is 0 Å². The fourth-order valence-electron chi connectivity index (χ4n) is 3.08. The van der Waals surface area contributed by atoms with Gasteiger partial charge in [0.15, 0.2) is 5.78 Å². The number of aromatic nitrogens is 1. The lowest BCUT2D eigenvalue weighted by molar-refractivity contribution is 0.0921. The zero-order valence-corrected chi connectivity index (χ0v) is 17.0. The maximum absolute atomic E-state index is 12.9. The van der Waals surface area contributed by atoms with Crippen molar-refractivity contribution in [3.63, 3.8) is 0 Å². The Labute approximate surface area is 165 Å². The molecule has 0 fully saturated rings. The highest BCUT2D eigenvalue weighted by Crippen LogP contribution is 2.17. The monoisotopic (exact) mass is 384 g/mol. The average Bonchev–Trinajstić information content (AvgIpc) is 2.72. The number of pyridine rings is 1. The number of benzene rings is 1. The molecule has 0 radical (unpaired) electrons. The van der Waals surface area contributed by atoms with Crippen molar-refractivity contribution in [3.05, 3.63) is 63.6 Å². The molecule has 1 aromatic carbocycles. The number of rotatable bonds is 9. The second-order valence-electron chi connectivity index (χ2n) is 6.91. The van der Waals surface area contributed by atoms with Crippen LogP contribution in [0.3, 0.4) is 0 Å². The molecule has 150 valence electrons. The number of ketones is 1. The van der Waals surface area contributed by atoms with E-state index in [-0.39, 0.29) is 23.8 Å². The Kier molecular flexibility index (Phi) is 7.55. The molecule has 28 heavy (non-hydrogen) atoms. The van der Waals surface area contributed by atoms with Crippen LogP contribution in [0.4, 0.5) is 0 Å². The van der Waals surface area contributed by atoms with Gasteiger partial charge in [0.1, 0.15) is 11.3 Å². The molecule has 0 aliphatic heterocycles. The summed E-state index contributed by atoms with van der Waals surface area (Å²) in [5.74, 6) is -0.0454. The van der Waals surface area contributed by atoms with E-state index < -0.39 is 11.5 Å². The third-order valence-electron chi connectivity index (χ3n) is 4.77. The predicted octanol–water partition coefficient (Wildman–Crippen LogP) is 3.27. The van der Waals surface area contributed by atoms with Crippen LogP contribution in [-0.4, -0.2) is 30.4 Å². The molecule has 1 atom stereocenters. The maximum Gasteiger partial charge on any atom is 0.263 e. The van der Waals surface area contributed by atoms with E-state index in [4.69, 9.17) is 4.74 Å². The van der Waals surface area contributed by atoms with E-state index in [9.17, 15) is 14.4 Å². The Morgan fingerprint density at radius 3 is 2.64 bits per heavy atom. The van der Waals surface area contributed by atoms with Crippen LogP contribution in [0.2, 0.25) is 0 Å². The van der Waals surface area contributed by atoms with Gasteiger partial charge in [0, 0.05) is 24.7 Å². The number of carbonyl (C=O) groups excluding carboxylic acids is 2. The van der Waals surface area contributed by atoms with Gasteiger partial charge < -0.3 is 14.6 Å². The molecule has 0 aliphatic carbocycles. The van der Waals surface area contributed by atoms with E-state index in [0.29, 0.717) is 11.3 Å². The van der Waals surface area contributed by atoms with Crippen LogP contribution in [0.1, 0.15) is 59.4 Å². The highest BCUT2D eigenvalue weighted by molar-refractivity contribution is 6.01. The first-order chi connectivity index (χ1) is 13.4. The number of hydrogen-bond acceptors (Lipinski definition) is 4. The molecule has 6 heteroatoms. The largest absolute Gasteiger partial charge is 0.497 e. The van der Waals surface area contributed by atoms with Crippen molar-refractivity contribution in [2.75, 3.05) is 14.2 Å². The van der Waals surface area contributed by atoms with Gasteiger partial charge in [-0.15, -0.1) is 0 Å². The summed E-state index contributed by atoms with van der Waals surface area (Å²) in [4.78, 5) is 37.9. The smallest absolute Gasteiger partial charge is 0.263 e. The van der Waals surface area contributed by atoms with Crippen LogP contribution < -0.4 is 15.6 Å². The van der Waals surface area contributed by atoms with Crippen LogP contribution in [0.15, 0.2) is 41.3 Å². The van der Waals surface area contributed by atoms with Crippen molar-refractivity contribution in [2.45, 2.75) is 39.7 Å². The maximum atomic E-state index is 12.9. The summed E-state index contributed by atoms with van der Waals surface area (Å²) in [6.45, 7) is 4.20. The molecule has 2 rings (SSSR count). The minimum Gasteiger partial charge on any atom is -0.497 e. The Hall–Kier alpha value is -2.89. The van der Waals surface area contributed by atoms with Gasteiger partial charge in [0.25, 0.3) is 11.5 Å². The number of carbonyl (C=O) groups is 2.